The molecule has 0 atom stereocenters. The van der Waals surface area contributed by atoms with Gasteiger partial charge in [-0.1, -0.05) is 11.6 Å². The predicted molar refractivity (Wildman–Crippen MR) is 90.8 cm³/mol. The van der Waals surface area contributed by atoms with Crippen LogP contribution >= 0.6 is 38.9 Å². The molecule has 2 aromatic rings. The molecule has 1 amide bonds. The molecule has 0 bridgehead atoms. The number of carbonyl (C=O) groups excluding carboxylic acids is 1. The molecule has 0 spiro atoms. The molecule has 0 aromatic carbocycles. The zero-order valence-corrected chi connectivity index (χ0v) is 14.8. The number of likely N-dealkylation sites (tertiary alicyclic amines) is 1. The van der Waals surface area contributed by atoms with E-state index in [0.717, 1.165) is 17.3 Å². The Morgan fingerprint density at radius 3 is 2.77 bits per heavy atom. The molecule has 1 saturated heterocycles. The summed E-state index contributed by atoms with van der Waals surface area (Å²) >= 11 is 10.6. The summed E-state index contributed by atoms with van der Waals surface area (Å²) in [5.41, 5.74) is 0. The first kappa shape index (κ1) is 15.8. The van der Waals surface area contributed by atoms with Crippen molar-refractivity contribution in [2.45, 2.75) is 18.9 Å². The van der Waals surface area contributed by atoms with E-state index < -0.39 is 0 Å². The maximum atomic E-state index is 12.3. The molecule has 116 valence electrons. The van der Waals surface area contributed by atoms with Crippen molar-refractivity contribution in [1.82, 2.24) is 9.88 Å². The molecule has 0 aliphatic carbocycles. The lowest BCUT2D eigenvalue weighted by atomic mass is 10.1. The molecule has 0 N–H and O–H groups in total. The van der Waals surface area contributed by atoms with Crippen LogP contribution in [0.25, 0.3) is 0 Å². The summed E-state index contributed by atoms with van der Waals surface area (Å²) in [4.78, 5) is 19.1. The van der Waals surface area contributed by atoms with Gasteiger partial charge in [-0.3, -0.25) is 4.79 Å². The lowest BCUT2D eigenvalue weighted by Crippen LogP contribution is -2.41. The van der Waals surface area contributed by atoms with Crippen molar-refractivity contribution in [1.29, 1.82) is 0 Å². The quantitative estimate of drug-likeness (QED) is 0.772. The molecule has 2 aromatic heterocycles. The highest BCUT2D eigenvalue weighted by Crippen LogP contribution is 2.27. The molecule has 3 heterocycles. The van der Waals surface area contributed by atoms with E-state index in [1.807, 2.05) is 17.0 Å². The van der Waals surface area contributed by atoms with Gasteiger partial charge in [-0.2, -0.15) is 0 Å². The van der Waals surface area contributed by atoms with E-state index in [0.29, 0.717) is 28.2 Å². The maximum absolute atomic E-state index is 12.3. The van der Waals surface area contributed by atoms with Gasteiger partial charge >= 0.3 is 0 Å². The van der Waals surface area contributed by atoms with E-state index in [2.05, 4.69) is 20.9 Å². The van der Waals surface area contributed by atoms with Crippen LogP contribution in [0.1, 0.15) is 22.5 Å². The van der Waals surface area contributed by atoms with Gasteiger partial charge in [-0.25, -0.2) is 4.98 Å². The van der Waals surface area contributed by atoms with Crippen LogP contribution < -0.4 is 4.74 Å². The van der Waals surface area contributed by atoms with Crippen LogP contribution in [-0.2, 0) is 0 Å². The van der Waals surface area contributed by atoms with Crippen LogP contribution in [0.5, 0.6) is 5.88 Å². The summed E-state index contributed by atoms with van der Waals surface area (Å²) in [5.74, 6) is 0.659. The summed E-state index contributed by atoms with van der Waals surface area (Å²) in [6, 6.07) is 7.29. The number of carbonyl (C=O) groups is 1. The smallest absolute Gasteiger partial charge is 0.263 e. The molecule has 4 nitrogen and oxygen atoms in total. The first-order valence-electron chi connectivity index (χ1n) is 6.95. The van der Waals surface area contributed by atoms with Gasteiger partial charge in [-0.15, -0.1) is 11.3 Å². The maximum Gasteiger partial charge on any atom is 0.263 e. The lowest BCUT2D eigenvalue weighted by molar-refractivity contribution is 0.0591. The van der Waals surface area contributed by atoms with E-state index in [-0.39, 0.29) is 12.0 Å². The minimum atomic E-state index is 0.0503. The van der Waals surface area contributed by atoms with E-state index in [1.165, 1.54) is 11.3 Å². The molecule has 0 unspecified atom stereocenters. The van der Waals surface area contributed by atoms with Crippen molar-refractivity contribution >= 4 is 44.8 Å². The molecule has 1 fully saturated rings. The predicted octanol–water partition coefficient (Wildman–Crippen LogP) is 4.24. The highest BCUT2D eigenvalue weighted by molar-refractivity contribution is 9.10. The summed E-state index contributed by atoms with van der Waals surface area (Å²) in [5, 5.41) is 0. The van der Waals surface area contributed by atoms with Crippen LogP contribution in [0.3, 0.4) is 0 Å². The first-order valence-corrected chi connectivity index (χ1v) is 8.94. The Labute approximate surface area is 146 Å². The lowest BCUT2D eigenvalue weighted by Gasteiger charge is -2.31. The second-order valence-electron chi connectivity index (χ2n) is 5.00. The Morgan fingerprint density at radius 1 is 1.36 bits per heavy atom. The standard InChI is InChI=1S/C15H14BrClN2O2S/c16-11-2-1-7-18-14(11)21-10-5-8-19(9-6-10)15(20)12-3-4-13(17)22-12/h1-4,7,10H,5-6,8-9H2. The average molecular weight is 402 g/mol. The Balaban J connectivity index is 1.56. The van der Waals surface area contributed by atoms with Gasteiger partial charge in [0.05, 0.1) is 13.7 Å². The fraction of sp³-hybridized carbons (Fsp3) is 0.333. The van der Waals surface area contributed by atoms with E-state index in [9.17, 15) is 4.79 Å². The van der Waals surface area contributed by atoms with Crippen LogP contribution in [0.4, 0.5) is 0 Å². The van der Waals surface area contributed by atoms with E-state index in [1.54, 1.807) is 18.3 Å². The van der Waals surface area contributed by atoms with Crippen molar-refractivity contribution in [3.63, 3.8) is 0 Å². The number of ether oxygens (including phenoxy) is 1. The number of hydrogen-bond acceptors (Lipinski definition) is 4. The Morgan fingerprint density at radius 2 is 2.14 bits per heavy atom. The molecular weight excluding hydrogens is 388 g/mol. The highest BCUT2D eigenvalue weighted by atomic mass is 79.9. The zero-order valence-electron chi connectivity index (χ0n) is 11.7. The van der Waals surface area contributed by atoms with Crippen molar-refractivity contribution in [2.24, 2.45) is 0 Å². The Kier molecular flexibility index (Phi) is 5.00. The summed E-state index contributed by atoms with van der Waals surface area (Å²) in [6.07, 6.45) is 3.39. The normalized spacial score (nSPS) is 15.8. The van der Waals surface area contributed by atoms with Gasteiger partial charge in [0.1, 0.15) is 6.10 Å². The highest BCUT2D eigenvalue weighted by Gasteiger charge is 2.26. The van der Waals surface area contributed by atoms with Gasteiger partial charge in [0.25, 0.3) is 5.91 Å². The second-order valence-corrected chi connectivity index (χ2v) is 7.57. The van der Waals surface area contributed by atoms with E-state index in [4.69, 9.17) is 16.3 Å². The molecule has 1 aliphatic rings. The fourth-order valence-corrected chi connectivity index (χ4v) is 3.74. The number of nitrogens with zero attached hydrogens (tertiary/aromatic N) is 2. The summed E-state index contributed by atoms with van der Waals surface area (Å²) < 4.78 is 7.40. The van der Waals surface area contributed by atoms with Gasteiger partial charge in [0.15, 0.2) is 0 Å². The zero-order chi connectivity index (χ0) is 15.5. The van der Waals surface area contributed by atoms with Crippen molar-refractivity contribution in [3.8, 4) is 5.88 Å². The van der Waals surface area contributed by atoms with Crippen molar-refractivity contribution < 1.29 is 9.53 Å². The van der Waals surface area contributed by atoms with Crippen LogP contribution in [0.2, 0.25) is 4.34 Å². The second kappa shape index (κ2) is 6.98. The number of halogens is 2. The third-order valence-electron chi connectivity index (χ3n) is 3.52. The molecule has 0 radical (unpaired) electrons. The van der Waals surface area contributed by atoms with Crippen LogP contribution in [0, 0.1) is 0 Å². The number of thiophene rings is 1. The van der Waals surface area contributed by atoms with Gasteiger partial charge in [0.2, 0.25) is 5.88 Å². The monoisotopic (exact) mass is 400 g/mol. The number of amides is 1. The Hall–Kier alpha value is -1.11. The Bertz CT molecular complexity index is 671. The largest absolute Gasteiger partial charge is 0.473 e. The average Bonchev–Trinajstić information content (AvgIpc) is 2.96. The SMILES string of the molecule is O=C(c1ccc(Cl)s1)N1CCC(Oc2ncccc2Br)CC1. The minimum Gasteiger partial charge on any atom is -0.473 e. The van der Waals surface area contributed by atoms with E-state index >= 15 is 0 Å². The fourth-order valence-electron chi connectivity index (χ4n) is 2.38. The minimum absolute atomic E-state index is 0.0503. The number of pyridine rings is 1. The van der Waals surface area contributed by atoms with Crippen molar-refractivity contribution in [3.05, 3.63) is 44.1 Å². The molecule has 22 heavy (non-hydrogen) atoms. The molecule has 1 aliphatic heterocycles. The van der Waals surface area contributed by atoms with Gasteiger partial charge < -0.3 is 9.64 Å². The molecular formula is C15H14BrClN2O2S. The van der Waals surface area contributed by atoms with Crippen LogP contribution in [0.15, 0.2) is 34.9 Å². The number of piperidine rings is 1. The molecule has 7 heteroatoms. The van der Waals surface area contributed by atoms with Crippen LogP contribution in [-0.4, -0.2) is 35.0 Å². The topological polar surface area (TPSA) is 42.4 Å². The van der Waals surface area contributed by atoms with Crippen molar-refractivity contribution in [2.75, 3.05) is 13.1 Å². The number of rotatable bonds is 3. The summed E-state index contributed by atoms with van der Waals surface area (Å²) in [7, 11) is 0. The first-order chi connectivity index (χ1) is 10.6. The third-order valence-corrected chi connectivity index (χ3v) is 5.34. The number of hydrogen-bond donors (Lipinski definition) is 0. The number of aromatic nitrogens is 1. The molecule has 3 rings (SSSR count). The van der Waals surface area contributed by atoms with Gasteiger partial charge in [-0.05, 0) is 40.2 Å². The molecule has 0 saturated carbocycles. The van der Waals surface area contributed by atoms with Gasteiger partial charge in [0, 0.05) is 32.1 Å². The third kappa shape index (κ3) is 3.62. The summed E-state index contributed by atoms with van der Waals surface area (Å²) in [6.45, 7) is 1.37.